The van der Waals surface area contributed by atoms with Crippen molar-refractivity contribution >= 4 is 34.5 Å². The molecule has 0 radical (unpaired) electrons. The summed E-state index contributed by atoms with van der Waals surface area (Å²) in [6.45, 7) is 6.90. The molecule has 1 aromatic heterocycles. The summed E-state index contributed by atoms with van der Waals surface area (Å²) >= 11 is 14.3. The molecule has 0 aliphatic heterocycles. The van der Waals surface area contributed by atoms with E-state index in [2.05, 4.69) is 20.8 Å². The Morgan fingerprint density at radius 3 is 2.00 bits per heavy atom. The first-order chi connectivity index (χ1) is 9.55. The van der Waals surface area contributed by atoms with E-state index < -0.39 is 0 Å². The summed E-state index contributed by atoms with van der Waals surface area (Å²) in [6, 6.07) is 0. The summed E-state index contributed by atoms with van der Waals surface area (Å²) in [5, 5.41) is 3.51. The fourth-order valence-electron chi connectivity index (χ4n) is 2.79. The molecule has 0 aromatic carbocycles. The second-order valence-electron chi connectivity index (χ2n) is 6.06. The maximum Gasteiger partial charge on any atom is 0.0737 e. The first-order valence-corrected chi connectivity index (χ1v) is 9.61. The van der Waals surface area contributed by atoms with E-state index in [0.29, 0.717) is 0 Å². The Labute approximate surface area is 138 Å². The largest absolute Gasteiger partial charge is 0.145 e. The van der Waals surface area contributed by atoms with Crippen LogP contribution in [0.3, 0.4) is 0 Å². The molecule has 1 atom stereocenters. The van der Waals surface area contributed by atoms with Gasteiger partial charge in [-0.05, 0) is 12.8 Å². The Hall–Kier alpha value is 0.280. The molecule has 0 aliphatic carbocycles. The zero-order valence-electron chi connectivity index (χ0n) is 13.1. The van der Waals surface area contributed by atoms with Gasteiger partial charge in [-0.15, -0.1) is 11.3 Å². The number of halogens is 2. The van der Waals surface area contributed by atoms with Crippen LogP contribution in [-0.2, 0) is 5.41 Å². The van der Waals surface area contributed by atoms with Gasteiger partial charge in [0.15, 0.2) is 0 Å². The minimum absolute atomic E-state index is 0.206. The van der Waals surface area contributed by atoms with E-state index in [1.807, 2.05) is 5.38 Å². The van der Waals surface area contributed by atoms with E-state index >= 15 is 0 Å². The highest BCUT2D eigenvalue weighted by molar-refractivity contribution is 7.11. The summed E-state index contributed by atoms with van der Waals surface area (Å²) in [5.74, 6) is 0. The minimum atomic E-state index is 0.206. The monoisotopic (exact) mass is 334 g/mol. The molecule has 3 heteroatoms. The highest BCUT2D eigenvalue weighted by Gasteiger charge is 2.30. The van der Waals surface area contributed by atoms with Crippen LogP contribution in [0.25, 0.3) is 0 Å². The second-order valence-corrected chi connectivity index (χ2v) is 7.72. The predicted octanol–water partition coefficient (Wildman–Crippen LogP) is 7.86. The highest BCUT2D eigenvalue weighted by atomic mass is 35.5. The average molecular weight is 335 g/mol. The third-order valence-corrected chi connectivity index (χ3v) is 6.47. The van der Waals surface area contributed by atoms with Crippen molar-refractivity contribution in [3.05, 3.63) is 20.3 Å². The Morgan fingerprint density at radius 2 is 1.50 bits per heavy atom. The van der Waals surface area contributed by atoms with E-state index in [9.17, 15) is 0 Å². The van der Waals surface area contributed by atoms with Gasteiger partial charge >= 0.3 is 0 Å². The predicted molar refractivity (Wildman–Crippen MR) is 94.6 cm³/mol. The lowest BCUT2D eigenvalue weighted by molar-refractivity contribution is 0.372. The zero-order chi connectivity index (χ0) is 15.0. The topological polar surface area (TPSA) is 0 Å². The van der Waals surface area contributed by atoms with Gasteiger partial charge in [0.2, 0.25) is 0 Å². The van der Waals surface area contributed by atoms with Gasteiger partial charge in [0.05, 0.1) is 10.0 Å². The van der Waals surface area contributed by atoms with Crippen LogP contribution >= 0.6 is 34.5 Å². The van der Waals surface area contributed by atoms with Crippen LogP contribution in [0, 0.1) is 0 Å². The Bertz CT molecular complexity index is 386. The van der Waals surface area contributed by atoms with E-state index in [4.69, 9.17) is 23.2 Å². The Kier molecular flexibility index (Phi) is 8.55. The summed E-state index contributed by atoms with van der Waals surface area (Å²) in [6.07, 6.45) is 11.6. The molecule has 0 nitrogen and oxygen atoms in total. The number of unbranched alkanes of at least 4 members (excludes halogenated alkanes) is 5. The molecule has 1 heterocycles. The minimum Gasteiger partial charge on any atom is -0.145 e. The fraction of sp³-hybridized carbons (Fsp3) is 0.765. The molecule has 0 bridgehead atoms. The van der Waals surface area contributed by atoms with Crippen LogP contribution in [0.15, 0.2) is 5.38 Å². The summed E-state index contributed by atoms with van der Waals surface area (Å²) < 4.78 is 0. The lowest BCUT2D eigenvalue weighted by Gasteiger charge is -2.29. The molecule has 1 unspecified atom stereocenters. The van der Waals surface area contributed by atoms with Crippen molar-refractivity contribution in [1.82, 2.24) is 0 Å². The van der Waals surface area contributed by atoms with Crippen molar-refractivity contribution in [3.63, 3.8) is 0 Å². The van der Waals surface area contributed by atoms with Gasteiger partial charge in [-0.2, -0.15) is 0 Å². The number of rotatable bonds is 10. The quantitative estimate of drug-likeness (QED) is 0.382. The number of hydrogen-bond donors (Lipinski definition) is 0. The smallest absolute Gasteiger partial charge is 0.0737 e. The molecule has 20 heavy (non-hydrogen) atoms. The molecule has 1 rings (SSSR count). The molecule has 116 valence electrons. The molecule has 0 amide bonds. The van der Waals surface area contributed by atoms with E-state index in [-0.39, 0.29) is 5.41 Å². The van der Waals surface area contributed by atoms with Crippen LogP contribution < -0.4 is 0 Å². The van der Waals surface area contributed by atoms with Gasteiger partial charge in [0, 0.05) is 15.7 Å². The van der Waals surface area contributed by atoms with Crippen LogP contribution in [0.5, 0.6) is 0 Å². The van der Waals surface area contributed by atoms with Gasteiger partial charge in [0.1, 0.15) is 0 Å². The van der Waals surface area contributed by atoms with Crippen molar-refractivity contribution in [2.45, 2.75) is 84.0 Å². The van der Waals surface area contributed by atoms with Crippen LogP contribution in [-0.4, -0.2) is 0 Å². The Balaban J connectivity index is 2.74. The van der Waals surface area contributed by atoms with Gasteiger partial charge in [-0.1, -0.05) is 88.9 Å². The lowest BCUT2D eigenvalue weighted by Crippen LogP contribution is -2.21. The maximum atomic E-state index is 6.42. The molecule has 0 N–H and O–H groups in total. The Morgan fingerprint density at radius 1 is 0.950 bits per heavy atom. The first-order valence-electron chi connectivity index (χ1n) is 7.98. The number of hydrogen-bond acceptors (Lipinski definition) is 1. The maximum absolute atomic E-state index is 6.42. The molecule has 0 aliphatic rings. The van der Waals surface area contributed by atoms with Crippen LogP contribution in [0.2, 0.25) is 10.0 Å². The lowest BCUT2D eigenvalue weighted by atomic mass is 9.78. The molecule has 1 aromatic rings. The molecule has 0 fully saturated rings. The van der Waals surface area contributed by atoms with Gasteiger partial charge in [-0.25, -0.2) is 0 Å². The van der Waals surface area contributed by atoms with E-state index in [1.165, 1.54) is 62.7 Å². The average Bonchev–Trinajstić information content (AvgIpc) is 2.76. The third-order valence-electron chi connectivity index (χ3n) is 4.15. The zero-order valence-corrected chi connectivity index (χ0v) is 15.4. The van der Waals surface area contributed by atoms with Crippen LogP contribution in [0.1, 0.15) is 83.4 Å². The highest BCUT2D eigenvalue weighted by Crippen LogP contribution is 2.45. The molecule has 0 saturated carbocycles. The van der Waals surface area contributed by atoms with E-state index in [0.717, 1.165) is 10.0 Å². The fourth-order valence-corrected chi connectivity index (χ4v) is 4.60. The van der Waals surface area contributed by atoms with Gasteiger partial charge in [0.25, 0.3) is 0 Å². The van der Waals surface area contributed by atoms with E-state index in [1.54, 1.807) is 11.3 Å². The first kappa shape index (κ1) is 18.3. The molecular formula is C17H28Cl2S. The summed E-state index contributed by atoms with van der Waals surface area (Å²) in [5.41, 5.74) is 0.206. The van der Waals surface area contributed by atoms with Crippen molar-refractivity contribution in [2.75, 3.05) is 0 Å². The van der Waals surface area contributed by atoms with Crippen molar-refractivity contribution in [2.24, 2.45) is 0 Å². The van der Waals surface area contributed by atoms with Gasteiger partial charge < -0.3 is 0 Å². The molecular weight excluding hydrogens is 307 g/mol. The van der Waals surface area contributed by atoms with Gasteiger partial charge in [-0.3, -0.25) is 0 Å². The second kappa shape index (κ2) is 9.33. The molecule has 0 saturated heterocycles. The standard InChI is InChI=1S/C17H28Cl2S/c1-4-6-8-10-12-17(3,11-9-7-5-2)16-15(19)14(18)13-20-16/h13H,4-12H2,1-3H3. The van der Waals surface area contributed by atoms with Crippen molar-refractivity contribution < 1.29 is 0 Å². The third kappa shape index (κ3) is 5.24. The molecule has 0 spiro atoms. The SMILES string of the molecule is CCCCCCC(C)(CCCCC)c1scc(Cl)c1Cl. The van der Waals surface area contributed by atoms with Crippen molar-refractivity contribution in [3.8, 4) is 0 Å². The van der Waals surface area contributed by atoms with Crippen molar-refractivity contribution in [1.29, 1.82) is 0 Å². The summed E-state index contributed by atoms with van der Waals surface area (Å²) in [4.78, 5) is 1.30. The van der Waals surface area contributed by atoms with Crippen LogP contribution in [0.4, 0.5) is 0 Å². The number of thiophene rings is 1. The summed E-state index contributed by atoms with van der Waals surface area (Å²) in [7, 11) is 0. The normalized spacial score (nSPS) is 14.4.